The van der Waals surface area contributed by atoms with Gasteiger partial charge >= 0.3 is 0 Å². The fourth-order valence-corrected chi connectivity index (χ4v) is 11.3. The van der Waals surface area contributed by atoms with Crippen LogP contribution >= 0.6 is 0 Å². The van der Waals surface area contributed by atoms with Crippen molar-refractivity contribution in [2.45, 2.75) is 104 Å². The first-order chi connectivity index (χ1) is 43.5. The van der Waals surface area contributed by atoms with Gasteiger partial charge in [0, 0.05) is 109 Å². The molecule has 1 unspecified atom stereocenters. The Hall–Kier alpha value is -10.8. The second-order valence-corrected chi connectivity index (χ2v) is 21.9. The van der Waals surface area contributed by atoms with Gasteiger partial charge in [-0.3, -0.25) is 44.0 Å². The van der Waals surface area contributed by atoms with Crippen LogP contribution in [-0.4, -0.2) is 116 Å². The molecule has 0 radical (unpaired) electrons. The van der Waals surface area contributed by atoms with Crippen LogP contribution in [0.4, 0.5) is 0 Å². The summed E-state index contributed by atoms with van der Waals surface area (Å²) in [7, 11) is 4.96. The molecule has 3 aliphatic heterocycles. The summed E-state index contributed by atoms with van der Waals surface area (Å²) in [4.78, 5) is 97.8. The highest BCUT2D eigenvalue weighted by Crippen LogP contribution is 2.44. The highest BCUT2D eigenvalue weighted by atomic mass is 16.2. The maximum Gasteiger partial charge on any atom is 0.266 e. The van der Waals surface area contributed by atoms with Gasteiger partial charge in [0.2, 0.25) is 0 Å². The van der Waals surface area contributed by atoms with Crippen LogP contribution in [-0.2, 0) is 69.5 Å². The summed E-state index contributed by atoms with van der Waals surface area (Å²) in [6, 6.07) is 35.1. The molecule has 9 aromatic rings. The molecular weight excluding hydrogens is 1140 g/mol. The molecule has 0 saturated heterocycles. The summed E-state index contributed by atoms with van der Waals surface area (Å²) in [5.41, 5.74) is 30.1. The van der Waals surface area contributed by atoms with Gasteiger partial charge in [-0.15, -0.1) is 0 Å². The summed E-state index contributed by atoms with van der Waals surface area (Å²) in [6.07, 6.45) is 19.5. The third kappa shape index (κ3) is 12.3. The Balaban J connectivity index is 0.000000161. The number of hydrogen-bond donors (Lipinski definition) is 3. The van der Waals surface area contributed by atoms with Crippen LogP contribution < -0.4 is 17.2 Å². The first-order valence-corrected chi connectivity index (χ1v) is 30.0. The molecule has 0 aliphatic carbocycles. The largest absolute Gasteiger partial charge is 0.369 e. The molecular formula is C70H76N18O3. The molecule has 3 amide bonds. The molecule has 3 aliphatic rings. The van der Waals surface area contributed by atoms with E-state index in [0.717, 1.165) is 139 Å². The van der Waals surface area contributed by atoms with E-state index in [2.05, 4.69) is 86.4 Å². The molecule has 3 aromatic carbocycles. The quantitative estimate of drug-likeness (QED) is 0.0865. The zero-order chi connectivity index (χ0) is 63.9. The summed E-state index contributed by atoms with van der Waals surface area (Å²) in [5, 5.41) is 0. The van der Waals surface area contributed by atoms with Crippen molar-refractivity contribution in [3.8, 4) is 33.4 Å². The van der Waals surface area contributed by atoms with E-state index in [0.29, 0.717) is 0 Å². The number of nitrogens with zero attached hydrogens (tertiary/aromatic N) is 15. The second-order valence-electron chi connectivity index (χ2n) is 21.9. The minimum absolute atomic E-state index is 0. The number of amides is 3. The first-order valence-electron chi connectivity index (χ1n) is 30.0. The van der Waals surface area contributed by atoms with E-state index in [1.54, 1.807) is 58.3 Å². The number of pyridine rings is 3. The lowest BCUT2D eigenvalue weighted by Gasteiger charge is -2.27. The fourth-order valence-electron chi connectivity index (χ4n) is 11.3. The molecule has 21 nitrogen and oxygen atoms in total. The number of aliphatic imine (C=N–C) groups is 3. The number of aromatic nitrogens is 9. The van der Waals surface area contributed by atoms with Crippen LogP contribution in [0.25, 0.3) is 33.4 Å². The Labute approximate surface area is 530 Å². The van der Waals surface area contributed by atoms with Gasteiger partial charge in [0.1, 0.15) is 19.0 Å². The van der Waals surface area contributed by atoms with E-state index in [4.69, 9.17) is 32.2 Å². The number of carbonyl (C=O) groups excluding carboxylic acids is 3. The molecule has 91 heavy (non-hydrogen) atoms. The maximum atomic E-state index is 13.6. The van der Waals surface area contributed by atoms with Crippen LogP contribution in [0.5, 0.6) is 0 Å². The van der Waals surface area contributed by atoms with E-state index in [1.807, 2.05) is 109 Å². The lowest BCUT2D eigenvalue weighted by Crippen LogP contribution is -2.41. The Morgan fingerprint density at radius 3 is 0.736 bits per heavy atom. The molecule has 0 bridgehead atoms. The number of rotatable bonds is 15. The van der Waals surface area contributed by atoms with Gasteiger partial charge in [-0.1, -0.05) is 104 Å². The van der Waals surface area contributed by atoms with Gasteiger partial charge in [-0.05, 0) is 143 Å². The summed E-state index contributed by atoms with van der Waals surface area (Å²) >= 11 is 0. The molecule has 9 heterocycles. The average Bonchev–Trinajstić information content (AvgIpc) is 1.62. The Morgan fingerprint density at radius 2 is 0.549 bits per heavy atom. The van der Waals surface area contributed by atoms with E-state index in [9.17, 15) is 14.4 Å². The van der Waals surface area contributed by atoms with Crippen LogP contribution in [0.2, 0.25) is 0 Å². The van der Waals surface area contributed by atoms with Crippen molar-refractivity contribution in [3.63, 3.8) is 0 Å². The molecule has 6 N–H and O–H groups in total. The standard InChI is InChI=1S/3C23H24N6O.CH4/c3*1-4-19-10-18(11-20(5-2)27-19)23(21(30)29(3)22(24)28-23)17-8-6-7-15(9-17)16-12-25-14-26-13-16;/h3*6-14H,4-5H2,1-3H3,(H2,24,28);1H4/t2*23-;;/m10../s1. The van der Waals surface area contributed by atoms with Crippen molar-refractivity contribution in [1.82, 2.24) is 59.6 Å². The molecule has 3 atom stereocenters. The normalized spacial score (nSPS) is 18.4. The highest BCUT2D eigenvalue weighted by molar-refractivity contribution is 6.11. The van der Waals surface area contributed by atoms with E-state index in [1.165, 1.54) is 33.7 Å². The number of aryl methyl sites for hydroxylation is 6. The number of likely N-dealkylation sites (N-methyl/N-ethyl adjacent to an activating group) is 3. The topological polar surface area (TPSA) is 292 Å². The van der Waals surface area contributed by atoms with Gasteiger partial charge in [0.05, 0.1) is 0 Å². The smallest absolute Gasteiger partial charge is 0.266 e. The number of carbonyl (C=O) groups is 3. The van der Waals surface area contributed by atoms with Crippen molar-refractivity contribution in [2.24, 2.45) is 32.2 Å². The fraction of sp³-hybridized carbons (Fsp3) is 0.271. The van der Waals surface area contributed by atoms with Crippen LogP contribution in [0, 0.1) is 0 Å². The van der Waals surface area contributed by atoms with E-state index < -0.39 is 16.6 Å². The summed E-state index contributed by atoms with van der Waals surface area (Å²) in [6.45, 7) is 12.3. The molecule has 21 heteroatoms. The lowest BCUT2D eigenvalue weighted by atomic mass is 9.81. The number of benzene rings is 3. The van der Waals surface area contributed by atoms with Crippen LogP contribution in [0.3, 0.4) is 0 Å². The Kier molecular flexibility index (Phi) is 19.4. The molecule has 464 valence electrons. The highest BCUT2D eigenvalue weighted by Gasteiger charge is 2.52. The average molecular weight is 1220 g/mol. The minimum Gasteiger partial charge on any atom is -0.369 e. The minimum atomic E-state index is -1.25. The van der Waals surface area contributed by atoms with Gasteiger partial charge in [0.25, 0.3) is 17.7 Å². The Bertz CT molecular complexity index is 3750. The van der Waals surface area contributed by atoms with Gasteiger partial charge in [-0.25, -0.2) is 44.9 Å². The monoisotopic (exact) mass is 1220 g/mol. The van der Waals surface area contributed by atoms with Gasteiger partial charge < -0.3 is 17.2 Å². The number of hydrogen-bond acceptors (Lipinski definition) is 18. The molecule has 0 fully saturated rings. The number of guanidine groups is 3. The summed E-state index contributed by atoms with van der Waals surface area (Å²) in [5.74, 6) is 0.0365. The molecule has 6 aromatic heterocycles. The number of nitrogens with two attached hydrogens (primary N) is 3. The van der Waals surface area contributed by atoms with Crippen molar-refractivity contribution < 1.29 is 14.4 Å². The molecule has 12 rings (SSSR count). The molecule has 0 saturated carbocycles. The van der Waals surface area contributed by atoms with Crippen LogP contribution in [0.1, 0.15) is 117 Å². The predicted molar refractivity (Wildman–Crippen MR) is 354 cm³/mol. The van der Waals surface area contributed by atoms with Gasteiger partial charge in [0.15, 0.2) is 34.5 Å². The second kappa shape index (κ2) is 27.3. The summed E-state index contributed by atoms with van der Waals surface area (Å²) < 4.78 is 0. The van der Waals surface area contributed by atoms with Crippen LogP contribution in [0.15, 0.2) is 180 Å². The maximum absolute atomic E-state index is 13.6. The Morgan fingerprint density at radius 1 is 0.330 bits per heavy atom. The third-order valence-corrected chi connectivity index (χ3v) is 16.5. The van der Waals surface area contributed by atoms with Crippen molar-refractivity contribution in [1.29, 1.82) is 0 Å². The van der Waals surface area contributed by atoms with Crippen molar-refractivity contribution in [3.05, 3.63) is 233 Å². The SMILES string of the molecule is C.CCc1cc(C2(c3cccc(-c4cncnc4)c3)N=C(N)N(C)C2=O)cc(CC)n1.CCc1cc([C@@]2(c3cccc(-c4cncnc4)c3)N=C(N)N(C)C2=O)cc(CC)n1.CCc1cc([C@]2(c3cccc(-c4cncnc4)c3)N=C(N)N(C)C2=O)cc(CC)n1. The lowest BCUT2D eigenvalue weighted by molar-refractivity contribution is -0.130. The van der Waals surface area contributed by atoms with E-state index >= 15 is 0 Å². The zero-order valence-electron chi connectivity index (χ0n) is 52.0. The molecule has 0 spiro atoms. The zero-order valence-corrected chi connectivity index (χ0v) is 52.0. The van der Waals surface area contributed by atoms with Crippen molar-refractivity contribution in [2.75, 3.05) is 21.1 Å². The van der Waals surface area contributed by atoms with Crippen molar-refractivity contribution >= 4 is 35.6 Å². The van der Waals surface area contributed by atoms with Gasteiger partial charge in [-0.2, -0.15) is 0 Å². The van der Waals surface area contributed by atoms with E-state index in [-0.39, 0.29) is 43.0 Å². The third-order valence-electron chi connectivity index (χ3n) is 16.5. The predicted octanol–water partition coefficient (Wildman–Crippen LogP) is 8.72. The first kappa shape index (κ1) is 64.6.